The molecule has 1 aromatic heterocycles. The van der Waals surface area contributed by atoms with E-state index in [0.717, 1.165) is 29.7 Å². The van der Waals surface area contributed by atoms with Gasteiger partial charge in [-0.15, -0.1) is 11.1 Å². The number of anilines is 1. The molecule has 1 N–H and O–H groups in total. The predicted molar refractivity (Wildman–Crippen MR) is 116 cm³/mol. The first kappa shape index (κ1) is 22.3. The summed E-state index contributed by atoms with van der Waals surface area (Å²) in [5, 5.41) is 5.32. The number of nitrogens with zero attached hydrogens (tertiary/aromatic N) is 2. The van der Waals surface area contributed by atoms with Gasteiger partial charge in [0, 0.05) is 22.3 Å². The zero-order valence-electron chi connectivity index (χ0n) is 16.0. The van der Waals surface area contributed by atoms with Crippen LogP contribution in [0, 0.1) is 0 Å². The SMILES string of the molecule is CN(C)Cc1ccc[c-]1CNc1ccnc2cc(Cl)ccc12.[Ru+2].c1cc[cH-]c1. The van der Waals surface area contributed by atoms with Gasteiger partial charge in [-0.05, 0) is 51.5 Å². The van der Waals surface area contributed by atoms with Gasteiger partial charge in [-0.3, -0.25) is 4.98 Å². The Balaban J connectivity index is 0.000000408. The molecular formula is C23H24ClN3Ru. The van der Waals surface area contributed by atoms with Crippen LogP contribution in [0.25, 0.3) is 10.9 Å². The van der Waals surface area contributed by atoms with Crippen LogP contribution in [0.1, 0.15) is 11.1 Å². The van der Waals surface area contributed by atoms with E-state index in [9.17, 15) is 0 Å². The maximum atomic E-state index is 6.03. The van der Waals surface area contributed by atoms with Crippen LogP contribution in [0.2, 0.25) is 5.02 Å². The van der Waals surface area contributed by atoms with E-state index in [1.807, 2.05) is 60.8 Å². The molecule has 4 aromatic rings. The van der Waals surface area contributed by atoms with Crippen LogP contribution < -0.4 is 5.32 Å². The number of pyridine rings is 1. The van der Waals surface area contributed by atoms with Crippen molar-refractivity contribution in [3.05, 3.63) is 95.1 Å². The average molecular weight is 479 g/mol. The number of rotatable bonds is 5. The van der Waals surface area contributed by atoms with Gasteiger partial charge in [0.15, 0.2) is 0 Å². The van der Waals surface area contributed by atoms with Gasteiger partial charge < -0.3 is 10.2 Å². The number of benzene rings is 1. The smallest absolute Gasteiger partial charge is 0.392 e. The number of fused-ring (bicyclic) bond motifs is 1. The maximum absolute atomic E-state index is 6.03. The molecule has 0 spiro atoms. The molecule has 0 bridgehead atoms. The summed E-state index contributed by atoms with van der Waals surface area (Å²) in [6, 6.07) is 24.3. The molecule has 0 saturated carbocycles. The molecule has 28 heavy (non-hydrogen) atoms. The Morgan fingerprint density at radius 3 is 2.57 bits per heavy atom. The van der Waals surface area contributed by atoms with Crippen molar-refractivity contribution in [2.75, 3.05) is 19.4 Å². The molecule has 0 aliphatic heterocycles. The van der Waals surface area contributed by atoms with E-state index < -0.39 is 0 Å². The van der Waals surface area contributed by atoms with Gasteiger partial charge in [0.05, 0.1) is 5.52 Å². The van der Waals surface area contributed by atoms with Crippen LogP contribution in [-0.2, 0) is 32.6 Å². The predicted octanol–water partition coefficient (Wildman–Crippen LogP) is 5.68. The molecule has 0 unspecified atom stereocenters. The molecule has 3 nitrogen and oxygen atoms in total. The molecule has 0 aliphatic carbocycles. The van der Waals surface area contributed by atoms with Crippen LogP contribution in [-0.4, -0.2) is 24.0 Å². The van der Waals surface area contributed by atoms with E-state index in [2.05, 4.69) is 47.5 Å². The third-order valence-corrected chi connectivity index (χ3v) is 4.46. The molecular weight excluding hydrogens is 455 g/mol. The summed E-state index contributed by atoms with van der Waals surface area (Å²) in [7, 11) is 4.18. The van der Waals surface area contributed by atoms with Gasteiger partial charge >= 0.3 is 19.5 Å². The van der Waals surface area contributed by atoms with Crippen molar-refractivity contribution in [3.8, 4) is 0 Å². The van der Waals surface area contributed by atoms with Crippen LogP contribution in [0.3, 0.4) is 0 Å². The van der Waals surface area contributed by atoms with Crippen LogP contribution in [0.5, 0.6) is 0 Å². The fourth-order valence-corrected chi connectivity index (χ4v) is 3.11. The minimum Gasteiger partial charge on any atom is -0.392 e. The molecule has 0 fully saturated rings. The molecule has 0 aliphatic rings. The molecule has 0 radical (unpaired) electrons. The largest absolute Gasteiger partial charge is 2.00 e. The minimum atomic E-state index is 0. The van der Waals surface area contributed by atoms with Gasteiger partial charge in [-0.1, -0.05) is 11.6 Å². The number of hydrogen-bond acceptors (Lipinski definition) is 3. The first-order valence-corrected chi connectivity index (χ1v) is 9.34. The van der Waals surface area contributed by atoms with E-state index in [-0.39, 0.29) is 19.5 Å². The minimum absolute atomic E-state index is 0. The third kappa shape index (κ3) is 6.27. The summed E-state index contributed by atoms with van der Waals surface area (Å²) in [5.74, 6) is 0. The molecule has 1 heterocycles. The van der Waals surface area contributed by atoms with Crippen LogP contribution in [0.4, 0.5) is 5.69 Å². The Hall–Kier alpha value is -2.00. The zero-order chi connectivity index (χ0) is 19.1. The van der Waals surface area contributed by atoms with Crippen molar-refractivity contribution < 1.29 is 19.5 Å². The molecule has 4 rings (SSSR count). The quantitative estimate of drug-likeness (QED) is 0.295. The second kappa shape index (κ2) is 11.1. The Labute approximate surface area is 184 Å². The number of aromatic nitrogens is 1. The molecule has 0 saturated heterocycles. The second-order valence-electron chi connectivity index (χ2n) is 6.65. The van der Waals surface area contributed by atoms with Crippen molar-refractivity contribution in [1.82, 2.24) is 9.88 Å². The van der Waals surface area contributed by atoms with Gasteiger partial charge in [0.25, 0.3) is 0 Å². The summed E-state index contributed by atoms with van der Waals surface area (Å²) in [5.41, 5.74) is 4.68. The van der Waals surface area contributed by atoms with Crippen molar-refractivity contribution in [2.45, 2.75) is 13.1 Å². The summed E-state index contributed by atoms with van der Waals surface area (Å²) in [6.07, 6.45) is 1.81. The average Bonchev–Trinajstić information content (AvgIpc) is 3.34. The molecule has 3 aromatic carbocycles. The van der Waals surface area contributed by atoms with Crippen molar-refractivity contribution in [3.63, 3.8) is 0 Å². The van der Waals surface area contributed by atoms with Gasteiger partial charge in [-0.2, -0.15) is 24.3 Å². The van der Waals surface area contributed by atoms with E-state index >= 15 is 0 Å². The summed E-state index contributed by atoms with van der Waals surface area (Å²) >= 11 is 6.03. The van der Waals surface area contributed by atoms with Gasteiger partial charge in [-0.25, -0.2) is 24.3 Å². The zero-order valence-corrected chi connectivity index (χ0v) is 18.5. The monoisotopic (exact) mass is 479 g/mol. The number of halogens is 1. The van der Waals surface area contributed by atoms with Gasteiger partial charge in [0.2, 0.25) is 0 Å². The summed E-state index contributed by atoms with van der Waals surface area (Å²) in [6.45, 7) is 1.76. The Kier molecular flexibility index (Phi) is 8.85. The molecule has 0 amide bonds. The van der Waals surface area contributed by atoms with Crippen molar-refractivity contribution in [1.29, 1.82) is 0 Å². The first-order valence-electron chi connectivity index (χ1n) is 8.96. The van der Waals surface area contributed by atoms with E-state index in [1.165, 1.54) is 11.1 Å². The third-order valence-electron chi connectivity index (χ3n) is 4.22. The van der Waals surface area contributed by atoms with Gasteiger partial charge in [0.1, 0.15) is 0 Å². The number of nitrogens with one attached hydrogen (secondary N) is 1. The standard InChI is InChI=1S/C18H19ClN3.C5H5.Ru/c1-22(2)12-14-5-3-4-13(14)11-21-17-8-9-20-18-10-15(19)6-7-16(17)18;1-2-4-5-3-1;/h3-10H,11-12H2,1-2H3,(H,20,21);1-5H;/q2*-1;+2. The fourth-order valence-electron chi connectivity index (χ4n) is 2.95. The Morgan fingerprint density at radius 2 is 1.89 bits per heavy atom. The van der Waals surface area contributed by atoms with Crippen molar-refractivity contribution >= 4 is 28.2 Å². The van der Waals surface area contributed by atoms with Crippen LogP contribution in [0.15, 0.2) is 79.0 Å². The van der Waals surface area contributed by atoms with E-state index in [0.29, 0.717) is 5.02 Å². The maximum Gasteiger partial charge on any atom is 2.00 e. The molecule has 0 atom stereocenters. The second-order valence-corrected chi connectivity index (χ2v) is 7.09. The molecule has 5 heteroatoms. The summed E-state index contributed by atoms with van der Waals surface area (Å²) < 4.78 is 0. The Morgan fingerprint density at radius 1 is 1.11 bits per heavy atom. The molecule has 146 valence electrons. The van der Waals surface area contributed by atoms with Crippen molar-refractivity contribution in [2.24, 2.45) is 0 Å². The summed E-state index contributed by atoms with van der Waals surface area (Å²) in [4.78, 5) is 6.56. The van der Waals surface area contributed by atoms with E-state index in [4.69, 9.17) is 11.6 Å². The Bertz CT molecular complexity index is 944. The first-order chi connectivity index (χ1) is 13.1. The van der Waals surface area contributed by atoms with Crippen LogP contribution >= 0.6 is 11.6 Å². The van der Waals surface area contributed by atoms with E-state index in [1.54, 1.807) is 0 Å². The fraction of sp³-hybridized carbons (Fsp3) is 0.174. The number of hydrogen-bond donors (Lipinski definition) is 1. The topological polar surface area (TPSA) is 28.2 Å². The normalized spacial score (nSPS) is 10.3.